The summed E-state index contributed by atoms with van der Waals surface area (Å²) in [5.41, 5.74) is 0. The van der Waals surface area contributed by atoms with Crippen molar-refractivity contribution in [1.29, 1.82) is 0 Å². The lowest BCUT2D eigenvalue weighted by Gasteiger charge is -2.38. The minimum Gasteiger partial charge on any atom is -0.314 e. The standard InChI is InChI=1S/C18H37N3/c1-4-16-8-9-18(19-5-2)17(14-16)15-20(3)12-13-21-10-6-7-11-21/h16-19H,4-15H2,1-3H3. The highest BCUT2D eigenvalue weighted by Gasteiger charge is 2.29. The second-order valence-electron chi connectivity index (χ2n) is 7.32. The third-order valence-electron chi connectivity index (χ3n) is 5.68. The molecule has 0 amide bonds. The van der Waals surface area contributed by atoms with Crippen LogP contribution in [0.2, 0.25) is 0 Å². The van der Waals surface area contributed by atoms with Crippen molar-refractivity contribution in [3.63, 3.8) is 0 Å². The van der Waals surface area contributed by atoms with Crippen LogP contribution in [0.3, 0.4) is 0 Å². The zero-order valence-electron chi connectivity index (χ0n) is 14.6. The van der Waals surface area contributed by atoms with Gasteiger partial charge in [0.1, 0.15) is 0 Å². The molecule has 3 nitrogen and oxygen atoms in total. The van der Waals surface area contributed by atoms with E-state index in [1.165, 1.54) is 71.2 Å². The number of hydrogen-bond acceptors (Lipinski definition) is 3. The first-order valence-corrected chi connectivity index (χ1v) is 9.37. The molecular formula is C18H37N3. The molecule has 1 N–H and O–H groups in total. The summed E-state index contributed by atoms with van der Waals surface area (Å²) in [6, 6.07) is 0.757. The van der Waals surface area contributed by atoms with Gasteiger partial charge in [-0.2, -0.15) is 0 Å². The molecule has 3 atom stereocenters. The maximum Gasteiger partial charge on any atom is 0.0109 e. The van der Waals surface area contributed by atoms with E-state index >= 15 is 0 Å². The van der Waals surface area contributed by atoms with E-state index in [-0.39, 0.29) is 0 Å². The molecular weight excluding hydrogens is 258 g/mol. The summed E-state index contributed by atoms with van der Waals surface area (Å²) >= 11 is 0. The summed E-state index contributed by atoms with van der Waals surface area (Å²) in [7, 11) is 2.33. The smallest absolute Gasteiger partial charge is 0.0109 e. The quantitative estimate of drug-likeness (QED) is 0.743. The predicted molar refractivity (Wildman–Crippen MR) is 91.8 cm³/mol. The summed E-state index contributed by atoms with van der Waals surface area (Å²) in [4.78, 5) is 5.22. The van der Waals surface area contributed by atoms with E-state index < -0.39 is 0 Å². The van der Waals surface area contributed by atoms with Crippen molar-refractivity contribution >= 4 is 0 Å². The van der Waals surface area contributed by atoms with E-state index in [9.17, 15) is 0 Å². The molecule has 21 heavy (non-hydrogen) atoms. The fourth-order valence-corrected chi connectivity index (χ4v) is 4.27. The molecule has 1 saturated heterocycles. The monoisotopic (exact) mass is 295 g/mol. The molecule has 1 aliphatic carbocycles. The van der Waals surface area contributed by atoms with Crippen molar-refractivity contribution in [3.8, 4) is 0 Å². The SMILES string of the molecule is CCNC1CCC(CC)CC1CN(C)CCN1CCCC1. The Hall–Kier alpha value is -0.120. The van der Waals surface area contributed by atoms with Gasteiger partial charge in [0.2, 0.25) is 0 Å². The van der Waals surface area contributed by atoms with Gasteiger partial charge in [0.25, 0.3) is 0 Å². The van der Waals surface area contributed by atoms with E-state index in [4.69, 9.17) is 0 Å². The Labute approximate surface area is 132 Å². The number of nitrogens with one attached hydrogen (secondary N) is 1. The molecule has 0 bridgehead atoms. The van der Waals surface area contributed by atoms with Crippen molar-refractivity contribution in [1.82, 2.24) is 15.1 Å². The molecule has 124 valence electrons. The van der Waals surface area contributed by atoms with Crippen LogP contribution >= 0.6 is 0 Å². The first-order valence-electron chi connectivity index (χ1n) is 9.37. The van der Waals surface area contributed by atoms with Gasteiger partial charge in [-0.25, -0.2) is 0 Å². The summed E-state index contributed by atoms with van der Waals surface area (Å²) < 4.78 is 0. The Morgan fingerprint density at radius 3 is 2.57 bits per heavy atom. The highest BCUT2D eigenvalue weighted by atomic mass is 15.2. The molecule has 0 aromatic rings. The maximum absolute atomic E-state index is 3.74. The average Bonchev–Trinajstić information content (AvgIpc) is 3.00. The molecule has 1 saturated carbocycles. The van der Waals surface area contributed by atoms with E-state index in [2.05, 4.69) is 36.0 Å². The van der Waals surface area contributed by atoms with Gasteiger partial charge < -0.3 is 15.1 Å². The molecule has 1 aliphatic heterocycles. The summed E-state index contributed by atoms with van der Waals surface area (Å²) in [6.07, 6.45) is 8.44. The number of nitrogens with zero attached hydrogens (tertiary/aromatic N) is 2. The molecule has 1 heterocycles. The van der Waals surface area contributed by atoms with Crippen LogP contribution in [0.25, 0.3) is 0 Å². The molecule has 2 aliphatic rings. The Bertz CT molecular complexity index is 276. The van der Waals surface area contributed by atoms with Crippen molar-refractivity contribution < 1.29 is 0 Å². The van der Waals surface area contributed by atoms with Crippen LogP contribution < -0.4 is 5.32 Å². The Balaban J connectivity index is 1.75. The highest BCUT2D eigenvalue weighted by Crippen LogP contribution is 2.31. The molecule has 3 heteroatoms. The van der Waals surface area contributed by atoms with Gasteiger partial charge in [0.05, 0.1) is 0 Å². The lowest BCUT2D eigenvalue weighted by molar-refractivity contribution is 0.146. The molecule has 0 aromatic carbocycles. The number of hydrogen-bond donors (Lipinski definition) is 1. The lowest BCUT2D eigenvalue weighted by atomic mass is 9.76. The van der Waals surface area contributed by atoms with Gasteiger partial charge in [-0.1, -0.05) is 20.3 Å². The third-order valence-corrected chi connectivity index (χ3v) is 5.68. The zero-order chi connectivity index (χ0) is 15.1. The van der Waals surface area contributed by atoms with E-state index in [1.807, 2.05) is 0 Å². The maximum atomic E-state index is 3.74. The van der Waals surface area contributed by atoms with Gasteiger partial charge in [0.15, 0.2) is 0 Å². The fraction of sp³-hybridized carbons (Fsp3) is 1.00. The molecule has 2 rings (SSSR count). The Morgan fingerprint density at radius 1 is 1.14 bits per heavy atom. The van der Waals surface area contributed by atoms with Crippen LogP contribution in [0.1, 0.15) is 52.4 Å². The van der Waals surface area contributed by atoms with Gasteiger partial charge in [0, 0.05) is 25.7 Å². The summed E-state index contributed by atoms with van der Waals surface area (Å²) in [6.45, 7) is 12.2. The number of likely N-dealkylation sites (N-methyl/N-ethyl adjacent to an activating group) is 1. The minimum atomic E-state index is 0.757. The minimum absolute atomic E-state index is 0.757. The summed E-state index contributed by atoms with van der Waals surface area (Å²) in [5, 5.41) is 3.74. The van der Waals surface area contributed by atoms with Gasteiger partial charge in [-0.05, 0) is 70.6 Å². The van der Waals surface area contributed by atoms with Crippen LogP contribution in [-0.4, -0.2) is 62.2 Å². The van der Waals surface area contributed by atoms with Gasteiger partial charge >= 0.3 is 0 Å². The third kappa shape index (κ3) is 5.54. The van der Waals surface area contributed by atoms with Crippen LogP contribution in [-0.2, 0) is 0 Å². The molecule has 0 spiro atoms. The van der Waals surface area contributed by atoms with E-state index in [0.717, 1.165) is 24.4 Å². The second kappa shape index (κ2) is 9.12. The van der Waals surface area contributed by atoms with Gasteiger partial charge in [-0.15, -0.1) is 0 Å². The molecule has 3 unspecified atom stereocenters. The van der Waals surface area contributed by atoms with Crippen molar-refractivity contribution in [2.24, 2.45) is 11.8 Å². The number of likely N-dealkylation sites (tertiary alicyclic amines) is 1. The van der Waals surface area contributed by atoms with Crippen molar-refractivity contribution in [2.75, 3.05) is 46.3 Å². The fourth-order valence-electron chi connectivity index (χ4n) is 4.27. The molecule has 2 fully saturated rings. The van der Waals surface area contributed by atoms with E-state index in [1.54, 1.807) is 0 Å². The molecule has 0 aromatic heterocycles. The van der Waals surface area contributed by atoms with Crippen LogP contribution in [0.15, 0.2) is 0 Å². The van der Waals surface area contributed by atoms with Crippen molar-refractivity contribution in [3.05, 3.63) is 0 Å². The largest absolute Gasteiger partial charge is 0.314 e. The Kier molecular flexibility index (Phi) is 7.48. The first-order chi connectivity index (χ1) is 10.2. The zero-order valence-corrected chi connectivity index (χ0v) is 14.6. The lowest BCUT2D eigenvalue weighted by Crippen LogP contribution is -2.46. The van der Waals surface area contributed by atoms with Crippen LogP contribution in [0.5, 0.6) is 0 Å². The topological polar surface area (TPSA) is 18.5 Å². The van der Waals surface area contributed by atoms with Crippen molar-refractivity contribution in [2.45, 2.75) is 58.4 Å². The van der Waals surface area contributed by atoms with Gasteiger partial charge in [-0.3, -0.25) is 0 Å². The number of rotatable bonds is 8. The van der Waals surface area contributed by atoms with E-state index in [0.29, 0.717) is 0 Å². The molecule has 0 radical (unpaired) electrons. The predicted octanol–water partition coefficient (Wildman–Crippen LogP) is 2.82. The normalized spacial score (nSPS) is 31.1. The van der Waals surface area contributed by atoms with Crippen LogP contribution in [0.4, 0.5) is 0 Å². The van der Waals surface area contributed by atoms with Crippen LogP contribution in [0, 0.1) is 11.8 Å². The second-order valence-corrected chi connectivity index (χ2v) is 7.32. The first kappa shape index (κ1) is 17.2. The summed E-state index contributed by atoms with van der Waals surface area (Å²) in [5.74, 6) is 1.82. The highest BCUT2D eigenvalue weighted by molar-refractivity contribution is 4.86. The Morgan fingerprint density at radius 2 is 1.90 bits per heavy atom. The average molecular weight is 296 g/mol.